The van der Waals surface area contributed by atoms with E-state index >= 15 is 0 Å². The first-order chi connectivity index (χ1) is 15.0. The Kier molecular flexibility index (Phi) is 7.81. The minimum atomic E-state index is -0.426. The summed E-state index contributed by atoms with van der Waals surface area (Å²) in [4.78, 5) is 20.0. The number of aliphatic imine (C=N–C) groups is 1. The highest BCUT2D eigenvalue weighted by Crippen LogP contribution is 2.42. The molecule has 2 aromatic carbocycles. The minimum absolute atomic E-state index is 0.268. The lowest BCUT2D eigenvalue weighted by Crippen LogP contribution is -2.08. The zero-order valence-electron chi connectivity index (χ0n) is 17.5. The maximum absolute atomic E-state index is 12.9. The molecule has 0 amide bonds. The smallest absolute Gasteiger partial charge is 0.341 e. The molecule has 0 spiro atoms. The molecule has 0 bridgehead atoms. The summed E-state index contributed by atoms with van der Waals surface area (Å²) in [6, 6.07) is 16.9. The van der Waals surface area contributed by atoms with Gasteiger partial charge in [0.1, 0.15) is 10.6 Å². The van der Waals surface area contributed by atoms with Crippen molar-refractivity contribution in [1.29, 1.82) is 0 Å². The van der Waals surface area contributed by atoms with Crippen LogP contribution in [-0.2, 0) is 4.74 Å². The van der Waals surface area contributed by atoms with Gasteiger partial charge in [-0.3, -0.25) is 5.43 Å². The zero-order chi connectivity index (χ0) is 22.2. The van der Waals surface area contributed by atoms with Gasteiger partial charge in [0.05, 0.1) is 29.7 Å². The SMILES string of the molecule is CCOC(=O)c1c(N=CN(C)C)sc(C=NNc2ccccc2)c1-c1ccc(Cl)cc1. The standard InChI is InChI=1S/C23H23ClN4O2S/c1-4-30-23(29)21-20(16-10-12-17(24)13-11-16)19(31-22(21)25-15-28(2)3)14-26-27-18-8-6-5-7-9-18/h5-15,27H,4H2,1-3H3. The molecule has 8 heteroatoms. The van der Waals surface area contributed by atoms with E-state index in [-0.39, 0.29) is 6.61 Å². The normalized spacial score (nSPS) is 11.2. The highest BCUT2D eigenvalue weighted by Gasteiger charge is 2.25. The van der Waals surface area contributed by atoms with Crippen LogP contribution in [0, 0.1) is 0 Å². The molecule has 0 fully saturated rings. The average molecular weight is 455 g/mol. The summed E-state index contributed by atoms with van der Waals surface area (Å²) < 4.78 is 5.34. The van der Waals surface area contributed by atoms with Crippen LogP contribution >= 0.6 is 22.9 Å². The Balaban J connectivity index is 2.11. The molecule has 0 unspecified atom stereocenters. The van der Waals surface area contributed by atoms with E-state index in [1.54, 1.807) is 36.5 Å². The van der Waals surface area contributed by atoms with Crippen molar-refractivity contribution in [2.45, 2.75) is 6.92 Å². The lowest BCUT2D eigenvalue weighted by atomic mass is 10.0. The Hall–Kier alpha value is -3.16. The number of carbonyl (C=O) groups is 1. The highest BCUT2D eigenvalue weighted by molar-refractivity contribution is 7.18. The Morgan fingerprint density at radius 3 is 2.52 bits per heavy atom. The number of hydrazone groups is 1. The molecule has 0 saturated heterocycles. The summed E-state index contributed by atoms with van der Waals surface area (Å²) in [7, 11) is 3.74. The number of halogens is 1. The molecule has 0 radical (unpaired) electrons. The van der Waals surface area contributed by atoms with Crippen LogP contribution < -0.4 is 5.43 Å². The fraction of sp³-hybridized carbons (Fsp3) is 0.174. The van der Waals surface area contributed by atoms with Crippen LogP contribution in [0.1, 0.15) is 22.2 Å². The van der Waals surface area contributed by atoms with E-state index in [9.17, 15) is 4.79 Å². The minimum Gasteiger partial charge on any atom is -0.462 e. The van der Waals surface area contributed by atoms with Crippen LogP contribution in [-0.4, -0.2) is 44.1 Å². The second-order valence-electron chi connectivity index (χ2n) is 6.69. The van der Waals surface area contributed by atoms with Crippen LogP contribution in [0.2, 0.25) is 5.02 Å². The number of nitrogens with one attached hydrogen (secondary N) is 1. The van der Waals surface area contributed by atoms with Gasteiger partial charge in [-0.1, -0.05) is 41.9 Å². The van der Waals surface area contributed by atoms with Gasteiger partial charge in [-0.2, -0.15) is 5.10 Å². The van der Waals surface area contributed by atoms with Crippen LogP contribution in [0.3, 0.4) is 0 Å². The molecule has 31 heavy (non-hydrogen) atoms. The molecule has 0 atom stereocenters. The molecule has 0 aliphatic heterocycles. The topological polar surface area (TPSA) is 66.3 Å². The first-order valence-corrected chi connectivity index (χ1v) is 10.8. The molecular formula is C23H23ClN4O2S. The summed E-state index contributed by atoms with van der Waals surface area (Å²) in [5, 5.41) is 5.53. The van der Waals surface area contributed by atoms with Crippen LogP contribution in [0.15, 0.2) is 64.7 Å². The molecule has 0 aliphatic rings. The number of carbonyl (C=O) groups excluding carboxylic acids is 1. The summed E-state index contributed by atoms with van der Waals surface area (Å²) >= 11 is 7.45. The zero-order valence-corrected chi connectivity index (χ0v) is 19.1. The molecule has 6 nitrogen and oxygen atoms in total. The average Bonchev–Trinajstić information content (AvgIpc) is 3.12. The molecule has 1 N–H and O–H groups in total. The fourth-order valence-electron chi connectivity index (χ4n) is 2.76. The van der Waals surface area contributed by atoms with Gasteiger partial charge in [-0.05, 0) is 36.8 Å². The van der Waals surface area contributed by atoms with Crippen molar-refractivity contribution in [3.8, 4) is 11.1 Å². The van der Waals surface area contributed by atoms with Crippen molar-refractivity contribution in [2.24, 2.45) is 10.1 Å². The molecule has 0 aliphatic carbocycles. The number of para-hydroxylation sites is 1. The summed E-state index contributed by atoms with van der Waals surface area (Å²) in [5.74, 6) is -0.426. The third kappa shape index (κ3) is 5.93. The number of rotatable bonds is 8. The molecule has 3 rings (SSSR count). The fourth-order valence-corrected chi connectivity index (χ4v) is 3.91. The van der Waals surface area contributed by atoms with Crippen LogP contribution in [0.4, 0.5) is 10.7 Å². The largest absolute Gasteiger partial charge is 0.462 e. The number of hydrogen-bond acceptors (Lipinski definition) is 6. The second-order valence-corrected chi connectivity index (χ2v) is 8.16. The van der Waals surface area contributed by atoms with Crippen LogP contribution in [0.5, 0.6) is 0 Å². The third-order valence-corrected chi connectivity index (χ3v) is 5.37. The van der Waals surface area contributed by atoms with Gasteiger partial charge < -0.3 is 9.64 Å². The molecule has 160 valence electrons. The quantitative estimate of drug-likeness (QED) is 0.199. The molecular weight excluding hydrogens is 432 g/mol. The number of ether oxygens (including phenoxy) is 1. The Morgan fingerprint density at radius 1 is 1.16 bits per heavy atom. The predicted molar refractivity (Wildman–Crippen MR) is 130 cm³/mol. The number of hydrogen-bond donors (Lipinski definition) is 1. The van der Waals surface area contributed by atoms with Crippen molar-refractivity contribution in [3.63, 3.8) is 0 Å². The van der Waals surface area contributed by atoms with Gasteiger partial charge in [-0.25, -0.2) is 9.79 Å². The van der Waals surface area contributed by atoms with Gasteiger partial charge in [0, 0.05) is 24.7 Å². The maximum atomic E-state index is 12.9. The molecule has 1 heterocycles. The lowest BCUT2D eigenvalue weighted by molar-refractivity contribution is 0.0529. The van der Waals surface area contributed by atoms with Crippen molar-refractivity contribution in [3.05, 3.63) is 70.1 Å². The van der Waals surface area contributed by atoms with Gasteiger partial charge in [0.15, 0.2) is 0 Å². The van der Waals surface area contributed by atoms with Gasteiger partial charge in [0.2, 0.25) is 0 Å². The number of benzene rings is 2. The number of anilines is 1. The molecule has 1 aromatic heterocycles. The van der Waals surface area contributed by atoms with E-state index in [0.29, 0.717) is 21.2 Å². The van der Waals surface area contributed by atoms with E-state index in [1.165, 1.54) is 11.3 Å². The van der Waals surface area contributed by atoms with Gasteiger partial charge in [0.25, 0.3) is 0 Å². The number of nitrogens with zero attached hydrogens (tertiary/aromatic N) is 3. The van der Waals surface area contributed by atoms with E-state index < -0.39 is 5.97 Å². The third-order valence-electron chi connectivity index (χ3n) is 4.08. The Morgan fingerprint density at radius 2 is 1.87 bits per heavy atom. The monoisotopic (exact) mass is 454 g/mol. The second kappa shape index (κ2) is 10.7. The summed E-state index contributed by atoms with van der Waals surface area (Å²) in [6.07, 6.45) is 3.35. The first-order valence-electron chi connectivity index (χ1n) is 9.64. The van der Waals surface area contributed by atoms with Crippen molar-refractivity contribution in [1.82, 2.24) is 4.90 Å². The number of thiophene rings is 1. The first kappa shape index (κ1) is 22.5. The van der Waals surface area contributed by atoms with Crippen molar-refractivity contribution >= 4 is 52.1 Å². The van der Waals surface area contributed by atoms with E-state index in [4.69, 9.17) is 16.3 Å². The lowest BCUT2D eigenvalue weighted by Gasteiger charge is -2.08. The van der Waals surface area contributed by atoms with Gasteiger partial charge >= 0.3 is 5.97 Å². The predicted octanol–water partition coefficient (Wildman–Crippen LogP) is 5.91. The van der Waals surface area contributed by atoms with E-state index in [1.807, 2.05) is 56.6 Å². The summed E-state index contributed by atoms with van der Waals surface area (Å²) in [6.45, 7) is 2.05. The highest BCUT2D eigenvalue weighted by atomic mass is 35.5. The van der Waals surface area contributed by atoms with E-state index in [2.05, 4.69) is 15.5 Å². The van der Waals surface area contributed by atoms with Gasteiger partial charge in [-0.15, -0.1) is 11.3 Å². The Labute approximate surface area is 190 Å². The van der Waals surface area contributed by atoms with Crippen molar-refractivity contribution < 1.29 is 9.53 Å². The van der Waals surface area contributed by atoms with E-state index in [0.717, 1.165) is 16.1 Å². The number of esters is 1. The summed E-state index contributed by atoms with van der Waals surface area (Å²) in [5.41, 5.74) is 5.82. The van der Waals surface area contributed by atoms with Crippen LogP contribution in [0.25, 0.3) is 11.1 Å². The maximum Gasteiger partial charge on any atom is 0.341 e. The Bertz CT molecular complexity index is 1080. The molecule has 0 saturated carbocycles. The molecule has 3 aromatic rings. The van der Waals surface area contributed by atoms with Crippen molar-refractivity contribution in [2.75, 3.05) is 26.1 Å².